The molecular weight excluding hydrogens is 548 g/mol. The third-order valence-corrected chi connectivity index (χ3v) is 8.61. The van der Waals surface area contributed by atoms with Crippen LogP contribution in [0.25, 0.3) is 10.8 Å². The van der Waals surface area contributed by atoms with E-state index in [2.05, 4.69) is 16.0 Å². The van der Waals surface area contributed by atoms with E-state index in [0.29, 0.717) is 28.3 Å². The Morgan fingerprint density at radius 2 is 1.62 bits per heavy atom. The molecule has 3 amide bonds. The summed E-state index contributed by atoms with van der Waals surface area (Å²) in [4.78, 5) is 54.2. The van der Waals surface area contributed by atoms with Crippen molar-refractivity contribution >= 4 is 57.4 Å². The van der Waals surface area contributed by atoms with Crippen LogP contribution in [-0.2, 0) is 16.1 Å². The Bertz CT molecular complexity index is 1670. The van der Waals surface area contributed by atoms with Crippen molar-refractivity contribution in [2.75, 3.05) is 23.0 Å². The summed E-state index contributed by atoms with van der Waals surface area (Å²) in [6.07, 6.45) is 0. The van der Waals surface area contributed by atoms with Crippen molar-refractivity contribution in [1.82, 2.24) is 10.6 Å². The second-order valence-electron chi connectivity index (χ2n) is 10.2. The first-order chi connectivity index (χ1) is 20.3. The van der Waals surface area contributed by atoms with Crippen molar-refractivity contribution in [3.05, 3.63) is 102 Å². The van der Waals surface area contributed by atoms with Gasteiger partial charge in [-0.15, -0.1) is 11.8 Å². The first-order valence-corrected chi connectivity index (χ1v) is 14.7. The zero-order valence-corrected chi connectivity index (χ0v) is 24.5. The Kier molecular flexibility index (Phi) is 8.70. The number of carbonyl (C=O) groups is 4. The lowest BCUT2D eigenvalue weighted by Crippen LogP contribution is -2.53. The van der Waals surface area contributed by atoms with Crippen molar-refractivity contribution in [2.45, 2.75) is 37.4 Å². The molecule has 1 aliphatic heterocycles. The van der Waals surface area contributed by atoms with Gasteiger partial charge in [0.05, 0.1) is 28.9 Å². The second-order valence-corrected chi connectivity index (χ2v) is 11.2. The number of rotatable bonds is 8. The van der Waals surface area contributed by atoms with Gasteiger partial charge >= 0.3 is 0 Å². The van der Waals surface area contributed by atoms with Gasteiger partial charge in [-0.25, -0.2) is 0 Å². The van der Waals surface area contributed by atoms with Gasteiger partial charge in [-0.05, 0) is 61.5 Å². The molecule has 3 N–H and O–H groups in total. The Hall–Kier alpha value is -4.47. The van der Waals surface area contributed by atoms with Gasteiger partial charge in [0.1, 0.15) is 6.04 Å². The topological polar surface area (TPSA) is 108 Å². The molecule has 0 spiro atoms. The number of anilines is 2. The minimum Gasteiger partial charge on any atom is -0.342 e. The molecule has 0 aromatic heterocycles. The fourth-order valence-corrected chi connectivity index (χ4v) is 6.04. The molecule has 1 heterocycles. The normalized spacial score (nSPS) is 15.5. The van der Waals surface area contributed by atoms with E-state index in [1.807, 2.05) is 48.5 Å². The number of likely N-dealkylation sites (N-methyl/N-ethyl adjacent to an activating group) is 1. The van der Waals surface area contributed by atoms with Gasteiger partial charge in [-0.1, -0.05) is 60.7 Å². The zero-order valence-electron chi connectivity index (χ0n) is 23.6. The van der Waals surface area contributed by atoms with E-state index < -0.39 is 12.1 Å². The average molecular weight is 581 g/mol. The van der Waals surface area contributed by atoms with Crippen LogP contribution in [0.1, 0.15) is 40.1 Å². The highest BCUT2D eigenvalue weighted by Gasteiger charge is 2.34. The lowest BCUT2D eigenvalue weighted by atomic mass is 10.0. The first kappa shape index (κ1) is 29.0. The molecule has 4 aromatic rings. The number of fused-ring (bicyclic) bond motifs is 2. The highest BCUT2D eigenvalue weighted by Crippen LogP contribution is 2.41. The van der Waals surface area contributed by atoms with Gasteiger partial charge in [0.15, 0.2) is 5.78 Å². The minimum absolute atomic E-state index is 0.0755. The van der Waals surface area contributed by atoms with Crippen LogP contribution >= 0.6 is 11.8 Å². The van der Waals surface area contributed by atoms with Crippen molar-refractivity contribution < 1.29 is 19.2 Å². The maximum Gasteiger partial charge on any atom is 0.255 e. The second kappa shape index (κ2) is 12.6. The van der Waals surface area contributed by atoms with Crippen LogP contribution in [-0.4, -0.2) is 48.4 Å². The number of nitrogens with one attached hydrogen (secondary N) is 3. The molecule has 0 unspecified atom stereocenters. The fraction of sp³-hybridized carbons (Fsp3) is 0.212. The zero-order chi connectivity index (χ0) is 29.8. The predicted molar refractivity (Wildman–Crippen MR) is 167 cm³/mol. The summed E-state index contributed by atoms with van der Waals surface area (Å²) in [6.45, 7) is 3.50. The molecule has 1 aliphatic rings. The number of carbonyl (C=O) groups excluding carboxylic acids is 4. The van der Waals surface area contributed by atoms with E-state index in [1.165, 1.54) is 18.7 Å². The third-order valence-electron chi connectivity index (χ3n) is 7.40. The largest absolute Gasteiger partial charge is 0.342 e. The number of amides is 3. The molecule has 0 radical (unpaired) electrons. The summed E-state index contributed by atoms with van der Waals surface area (Å²) < 4.78 is 0. The number of benzene rings is 4. The molecule has 0 saturated carbocycles. The third kappa shape index (κ3) is 6.07. The molecule has 0 fully saturated rings. The summed E-state index contributed by atoms with van der Waals surface area (Å²) in [6, 6.07) is 24.7. The Balaban J connectivity index is 1.52. The van der Waals surface area contributed by atoms with Crippen molar-refractivity contribution in [2.24, 2.45) is 0 Å². The van der Waals surface area contributed by atoms with E-state index in [1.54, 1.807) is 55.3 Å². The van der Waals surface area contributed by atoms with Crippen LogP contribution in [0.4, 0.5) is 11.4 Å². The van der Waals surface area contributed by atoms with Crippen LogP contribution in [0, 0.1) is 0 Å². The molecule has 0 aliphatic carbocycles. The maximum absolute atomic E-state index is 14.1. The summed E-state index contributed by atoms with van der Waals surface area (Å²) in [7, 11) is 1.69. The van der Waals surface area contributed by atoms with Crippen molar-refractivity contribution in [3.8, 4) is 0 Å². The van der Waals surface area contributed by atoms with E-state index in [9.17, 15) is 19.2 Å². The summed E-state index contributed by atoms with van der Waals surface area (Å²) in [5.74, 6) is -0.610. The first-order valence-electron chi connectivity index (χ1n) is 13.7. The van der Waals surface area contributed by atoms with Gasteiger partial charge in [0, 0.05) is 16.9 Å². The highest BCUT2D eigenvalue weighted by molar-refractivity contribution is 7.99. The SMILES string of the molecule is CN[C@@H](C)C(=O)N[C@H]1CSc2c(NC(=O)c3ccc(C(C)=O)cc3)cccc2N(Cc2cccc3ccccc23)C1=O. The Labute approximate surface area is 248 Å². The van der Waals surface area contributed by atoms with E-state index in [0.717, 1.165) is 21.2 Å². The number of hydrogen-bond acceptors (Lipinski definition) is 6. The molecular formula is C33H32N4O4S. The Morgan fingerprint density at radius 1 is 0.929 bits per heavy atom. The average Bonchev–Trinajstić information content (AvgIpc) is 3.13. The van der Waals surface area contributed by atoms with Crippen molar-refractivity contribution in [3.63, 3.8) is 0 Å². The van der Waals surface area contributed by atoms with Gasteiger partial charge < -0.3 is 20.9 Å². The molecule has 214 valence electrons. The quantitative estimate of drug-likeness (QED) is 0.253. The number of hydrogen-bond donors (Lipinski definition) is 3. The summed E-state index contributed by atoms with van der Waals surface area (Å²) in [5, 5.41) is 10.9. The van der Waals surface area contributed by atoms with E-state index in [-0.39, 0.29) is 30.0 Å². The fourth-order valence-electron chi connectivity index (χ4n) is 4.88. The number of thioether (sulfide) groups is 1. The molecule has 0 bridgehead atoms. The molecule has 0 saturated heterocycles. The molecule has 5 rings (SSSR count). The molecule has 4 aromatic carbocycles. The predicted octanol–water partition coefficient (Wildman–Crippen LogP) is 5.03. The van der Waals surface area contributed by atoms with E-state index >= 15 is 0 Å². The smallest absolute Gasteiger partial charge is 0.255 e. The Morgan fingerprint density at radius 3 is 2.36 bits per heavy atom. The molecule has 42 heavy (non-hydrogen) atoms. The lowest BCUT2D eigenvalue weighted by Gasteiger charge is -2.27. The van der Waals surface area contributed by atoms with Crippen LogP contribution < -0.4 is 20.9 Å². The summed E-state index contributed by atoms with van der Waals surface area (Å²) in [5.41, 5.74) is 3.11. The van der Waals surface area contributed by atoms with Gasteiger partial charge in [-0.3, -0.25) is 19.2 Å². The van der Waals surface area contributed by atoms with E-state index in [4.69, 9.17) is 0 Å². The minimum atomic E-state index is -0.775. The van der Waals surface area contributed by atoms with Crippen molar-refractivity contribution in [1.29, 1.82) is 0 Å². The highest BCUT2D eigenvalue weighted by atomic mass is 32.2. The number of nitrogens with zero attached hydrogens (tertiary/aromatic N) is 1. The monoisotopic (exact) mass is 580 g/mol. The maximum atomic E-state index is 14.1. The summed E-state index contributed by atoms with van der Waals surface area (Å²) >= 11 is 1.41. The molecule has 2 atom stereocenters. The number of ketones is 1. The van der Waals surface area contributed by atoms with Crippen LogP contribution in [0.15, 0.2) is 89.8 Å². The van der Waals surface area contributed by atoms with Gasteiger partial charge in [-0.2, -0.15) is 0 Å². The van der Waals surface area contributed by atoms with Gasteiger partial charge in [0.2, 0.25) is 5.91 Å². The van der Waals surface area contributed by atoms with Crippen LogP contribution in [0.2, 0.25) is 0 Å². The number of Topliss-reactive ketones (excluding diaryl/α,β-unsaturated/α-hetero) is 1. The van der Waals surface area contributed by atoms with Gasteiger partial charge in [0.25, 0.3) is 11.8 Å². The molecule has 8 nitrogen and oxygen atoms in total. The lowest BCUT2D eigenvalue weighted by molar-refractivity contribution is -0.128. The van der Waals surface area contributed by atoms with Crippen LogP contribution in [0.3, 0.4) is 0 Å². The van der Waals surface area contributed by atoms with Crippen LogP contribution in [0.5, 0.6) is 0 Å². The molecule has 9 heteroatoms. The standard InChI is InChI=1S/C33H32N4O4S/c1-20(34-3)31(39)36-28-19-42-30-27(35-32(40)24-16-14-22(15-17-24)21(2)38)12-7-13-29(30)37(33(28)41)18-25-10-6-9-23-8-4-5-11-26(23)25/h4-17,20,28,34H,18-19H2,1-3H3,(H,35,40)(H,36,39)/t20-,28-/m0/s1.